The molecule has 1 aliphatic rings. The van der Waals surface area contributed by atoms with Crippen LogP contribution in [0.15, 0.2) is 59.9 Å². The largest absolute Gasteiger partial charge is 0.329 e. The number of fused-ring (bicyclic) bond motifs is 3. The summed E-state index contributed by atoms with van der Waals surface area (Å²) < 4.78 is 5.47. The van der Waals surface area contributed by atoms with Gasteiger partial charge in [0.15, 0.2) is 0 Å². The van der Waals surface area contributed by atoms with Crippen molar-refractivity contribution in [2.24, 2.45) is 19.8 Å². The van der Waals surface area contributed by atoms with Gasteiger partial charge in [-0.2, -0.15) is 5.10 Å². The van der Waals surface area contributed by atoms with Crippen LogP contribution < -0.4 is 11.4 Å². The summed E-state index contributed by atoms with van der Waals surface area (Å²) in [6.45, 7) is 0. The van der Waals surface area contributed by atoms with E-state index in [0.717, 1.165) is 70.0 Å². The topological polar surface area (TPSA) is 96.6 Å². The number of nitrogens with zero attached hydrogens (tertiary/aromatic N) is 6. The Bertz CT molecular complexity index is 1570. The Balaban J connectivity index is 1.48. The molecule has 1 fully saturated rings. The van der Waals surface area contributed by atoms with Gasteiger partial charge in [0.2, 0.25) is 0 Å². The predicted octanol–water partition coefficient (Wildman–Crippen LogP) is 3.79. The lowest BCUT2D eigenvalue weighted by atomic mass is 9.91. The van der Waals surface area contributed by atoms with Crippen molar-refractivity contribution >= 4 is 21.9 Å². The van der Waals surface area contributed by atoms with Gasteiger partial charge in [0, 0.05) is 55.1 Å². The molecule has 0 atom stereocenters. The number of rotatable bonds is 3. The molecule has 0 saturated heterocycles. The molecule has 6 rings (SSSR count). The van der Waals surface area contributed by atoms with Gasteiger partial charge in [0.1, 0.15) is 0 Å². The summed E-state index contributed by atoms with van der Waals surface area (Å²) in [5.41, 5.74) is 12.8. The van der Waals surface area contributed by atoms with Gasteiger partial charge >= 0.3 is 5.69 Å². The van der Waals surface area contributed by atoms with Crippen molar-refractivity contribution in [1.29, 1.82) is 0 Å². The summed E-state index contributed by atoms with van der Waals surface area (Å²) in [5.74, 6) is 0. The molecule has 34 heavy (non-hydrogen) atoms. The molecule has 172 valence electrons. The van der Waals surface area contributed by atoms with E-state index < -0.39 is 0 Å². The maximum absolute atomic E-state index is 13.3. The van der Waals surface area contributed by atoms with E-state index in [1.54, 1.807) is 9.25 Å². The molecule has 0 bridgehead atoms. The first kappa shape index (κ1) is 20.8. The summed E-state index contributed by atoms with van der Waals surface area (Å²) in [5, 5.41) is 5.21. The number of imidazole rings is 1. The number of pyridine rings is 2. The molecule has 5 aromatic rings. The molecule has 8 heteroatoms. The lowest BCUT2D eigenvalue weighted by Crippen LogP contribution is -2.32. The quantitative estimate of drug-likeness (QED) is 0.448. The maximum Gasteiger partial charge on any atom is 0.329 e. The highest BCUT2D eigenvalue weighted by Crippen LogP contribution is 2.34. The third-order valence-corrected chi connectivity index (χ3v) is 7.12. The molecule has 4 aromatic heterocycles. The van der Waals surface area contributed by atoms with Crippen molar-refractivity contribution in [3.05, 3.63) is 65.6 Å². The Morgan fingerprint density at radius 2 is 1.71 bits per heavy atom. The minimum absolute atomic E-state index is 0.0117. The Hall–Kier alpha value is -3.78. The molecule has 1 aromatic carbocycles. The van der Waals surface area contributed by atoms with Crippen LogP contribution in [0.1, 0.15) is 31.7 Å². The van der Waals surface area contributed by atoms with Gasteiger partial charge in [-0.1, -0.05) is 12.1 Å². The maximum atomic E-state index is 13.3. The predicted molar refractivity (Wildman–Crippen MR) is 133 cm³/mol. The van der Waals surface area contributed by atoms with E-state index >= 15 is 0 Å². The van der Waals surface area contributed by atoms with Gasteiger partial charge < -0.3 is 5.73 Å². The van der Waals surface area contributed by atoms with E-state index in [1.165, 1.54) is 0 Å². The second-order valence-electron chi connectivity index (χ2n) is 9.34. The molecule has 0 amide bonds. The summed E-state index contributed by atoms with van der Waals surface area (Å²) >= 11 is 0. The van der Waals surface area contributed by atoms with Crippen LogP contribution in [0.3, 0.4) is 0 Å². The standard InChI is InChI=1S/C26H27N7O/c1-31-15-18(13-30-31)22-9-4-17(12-28-22)16-3-10-23-21(11-16)25-24(14-29-23)32(2)26(34)33(25)20-7-5-19(27)6-8-20/h3-4,9-15,19-20H,5-8,27H2,1-2H3/t19-,20-. The zero-order valence-electron chi connectivity index (χ0n) is 19.3. The van der Waals surface area contributed by atoms with E-state index in [9.17, 15) is 4.79 Å². The number of aromatic nitrogens is 6. The monoisotopic (exact) mass is 453 g/mol. The smallest absolute Gasteiger partial charge is 0.328 e. The summed E-state index contributed by atoms with van der Waals surface area (Å²) in [7, 11) is 3.72. The summed E-state index contributed by atoms with van der Waals surface area (Å²) in [6, 6.07) is 10.7. The van der Waals surface area contributed by atoms with Gasteiger partial charge in [-0.25, -0.2) is 4.79 Å². The van der Waals surface area contributed by atoms with Crippen LogP contribution in [0.4, 0.5) is 0 Å². The number of benzene rings is 1. The summed E-state index contributed by atoms with van der Waals surface area (Å²) in [4.78, 5) is 22.6. The van der Waals surface area contributed by atoms with Crippen LogP contribution in [0.5, 0.6) is 0 Å². The second-order valence-corrected chi connectivity index (χ2v) is 9.34. The average Bonchev–Trinajstić information content (AvgIpc) is 3.41. The van der Waals surface area contributed by atoms with E-state index in [2.05, 4.69) is 33.3 Å². The molecule has 8 nitrogen and oxygen atoms in total. The number of hydrogen-bond acceptors (Lipinski definition) is 5. The minimum Gasteiger partial charge on any atom is -0.328 e. The van der Waals surface area contributed by atoms with E-state index in [-0.39, 0.29) is 17.8 Å². The Morgan fingerprint density at radius 1 is 0.912 bits per heavy atom. The van der Waals surface area contributed by atoms with Gasteiger partial charge in [-0.3, -0.25) is 23.8 Å². The van der Waals surface area contributed by atoms with Crippen LogP contribution in [0, 0.1) is 0 Å². The lowest BCUT2D eigenvalue weighted by molar-refractivity contribution is 0.322. The van der Waals surface area contributed by atoms with Crippen molar-refractivity contribution in [3.8, 4) is 22.4 Å². The molecule has 2 N–H and O–H groups in total. The number of hydrogen-bond donors (Lipinski definition) is 1. The van der Waals surface area contributed by atoms with E-state index in [0.29, 0.717) is 0 Å². The molecular weight excluding hydrogens is 426 g/mol. The number of aryl methyl sites for hydroxylation is 2. The van der Waals surface area contributed by atoms with Crippen LogP contribution in [0.2, 0.25) is 0 Å². The number of nitrogens with two attached hydrogens (primary N) is 1. The van der Waals surface area contributed by atoms with Crippen LogP contribution in [-0.2, 0) is 14.1 Å². The van der Waals surface area contributed by atoms with Crippen molar-refractivity contribution in [2.45, 2.75) is 37.8 Å². The third kappa shape index (κ3) is 3.33. The first-order valence-corrected chi connectivity index (χ1v) is 11.7. The zero-order valence-corrected chi connectivity index (χ0v) is 19.3. The highest BCUT2D eigenvalue weighted by Gasteiger charge is 2.25. The molecular formula is C26H27N7O. The molecule has 1 saturated carbocycles. The first-order chi connectivity index (χ1) is 16.5. The van der Waals surface area contributed by atoms with Crippen molar-refractivity contribution in [1.82, 2.24) is 28.9 Å². The molecule has 0 spiro atoms. The Labute approximate surface area is 196 Å². The molecule has 4 heterocycles. The van der Waals surface area contributed by atoms with Gasteiger partial charge in [0.05, 0.1) is 34.6 Å². The molecule has 1 aliphatic carbocycles. The Morgan fingerprint density at radius 3 is 2.41 bits per heavy atom. The Kier molecular flexibility index (Phi) is 4.84. The fourth-order valence-corrected chi connectivity index (χ4v) is 5.19. The fourth-order valence-electron chi connectivity index (χ4n) is 5.19. The average molecular weight is 454 g/mol. The minimum atomic E-state index is 0.0117. The zero-order chi connectivity index (χ0) is 23.4. The highest BCUT2D eigenvalue weighted by atomic mass is 16.1. The van der Waals surface area contributed by atoms with Crippen molar-refractivity contribution in [2.75, 3.05) is 0 Å². The van der Waals surface area contributed by atoms with Gasteiger partial charge in [0.25, 0.3) is 0 Å². The van der Waals surface area contributed by atoms with Gasteiger partial charge in [-0.05, 0) is 49.4 Å². The normalized spacial score (nSPS) is 18.7. The van der Waals surface area contributed by atoms with Gasteiger partial charge in [-0.15, -0.1) is 0 Å². The SMILES string of the molecule is Cn1cc(-c2ccc(-c3ccc4ncc5c(c4c3)n([C@H]3CC[C@H](N)CC3)c(=O)n5C)cn2)cn1. The van der Waals surface area contributed by atoms with Crippen LogP contribution >= 0.6 is 0 Å². The molecule has 0 unspecified atom stereocenters. The third-order valence-electron chi connectivity index (χ3n) is 7.12. The fraction of sp³-hybridized carbons (Fsp3) is 0.308. The lowest BCUT2D eigenvalue weighted by Gasteiger charge is -2.27. The molecule has 0 aliphatic heterocycles. The van der Waals surface area contributed by atoms with E-state index in [1.807, 2.05) is 55.6 Å². The second kappa shape index (κ2) is 7.92. The van der Waals surface area contributed by atoms with Crippen molar-refractivity contribution < 1.29 is 0 Å². The molecule has 0 radical (unpaired) electrons. The highest BCUT2D eigenvalue weighted by molar-refractivity contribution is 6.04. The van der Waals surface area contributed by atoms with Crippen molar-refractivity contribution in [3.63, 3.8) is 0 Å². The van der Waals surface area contributed by atoms with Crippen LogP contribution in [0.25, 0.3) is 44.3 Å². The van der Waals surface area contributed by atoms with E-state index in [4.69, 9.17) is 5.73 Å². The van der Waals surface area contributed by atoms with Crippen LogP contribution in [-0.4, -0.2) is 34.9 Å². The first-order valence-electron chi connectivity index (χ1n) is 11.7. The summed E-state index contributed by atoms with van der Waals surface area (Å²) in [6.07, 6.45) is 11.2.